The Hall–Kier alpha value is -1.41. The molecule has 0 radical (unpaired) electrons. The van der Waals surface area contributed by atoms with E-state index in [9.17, 15) is 13.2 Å². The van der Waals surface area contributed by atoms with Crippen LogP contribution >= 0.6 is 11.8 Å². The molecule has 0 saturated carbocycles. The van der Waals surface area contributed by atoms with E-state index in [4.69, 9.17) is 9.47 Å². The van der Waals surface area contributed by atoms with Gasteiger partial charge in [0.2, 0.25) is 5.91 Å². The Morgan fingerprint density at radius 3 is 2.78 bits per heavy atom. The zero-order valence-corrected chi connectivity index (χ0v) is 14.2. The molecule has 3 rings (SSSR count). The molecule has 0 spiro atoms. The van der Waals surface area contributed by atoms with Gasteiger partial charge in [-0.25, -0.2) is 8.42 Å². The predicted octanol–water partition coefficient (Wildman–Crippen LogP) is 1.24. The first-order chi connectivity index (χ1) is 11.0. The van der Waals surface area contributed by atoms with E-state index in [1.807, 2.05) is 18.2 Å². The highest BCUT2D eigenvalue weighted by atomic mass is 32.2. The fourth-order valence-corrected chi connectivity index (χ4v) is 4.97. The largest absolute Gasteiger partial charge is 0.490 e. The lowest BCUT2D eigenvalue weighted by Crippen LogP contribution is -2.36. The summed E-state index contributed by atoms with van der Waals surface area (Å²) in [6.07, 6.45) is 1.35. The van der Waals surface area contributed by atoms with Crippen molar-refractivity contribution < 1.29 is 22.7 Å². The first-order valence-electron chi connectivity index (χ1n) is 7.54. The van der Waals surface area contributed by atoms with Crippen LogP contribution in [0.4, 0.5) is 0 Å². The molecule has 1 atom stereocenters. The van der Waals surface area contributed by atoms with Gasteiger partial charge in [0.1, 0.15) is 0 Å². The molecule has 23 heavy (non-hydrogen) atoms. The first-order valence-corrected chi connectivity index (χ1v) is 10.3. The van der Waals surface area contributed by atoms with Crippen molar-refractivity contribution in [3.05, 3.63) is 18.2 Å². The predicted molar refractivity (Wildman–Crippen MR) is 88.0 cm³/mol. The maximum absolute atomic E-state index is 11.9. The third kappa shape index (κ3) is 4.54. The smallest absolute Gasteiger partial charge is 0.230 e. The van der Waals surface area contributed by atoms with Gasteiger partial charge >= 0.3 is 0 Å². The number of carbonyl (C=O) groups is 1. The second-order valence-electron chi connectivity index (χ2n) is 5.62. The summed E-state index contributed by atoms with van der Waals surface area (Å²) in [5, 5.41) is 2.78. The summed E-state index contributed by atoms with van der Waals surface area (Å²) >= 11 is 1.39. The number of ether oxygens (including phenoxy) is 2. The van der Waals surface area contributed by atoms with Crippen LogP contribution in [0.25, 0.3) is 0 Å². The van der Waals surface area contributed by atoms with Crippen molar-refractivity contribution in [2.75, 3.05) is 30.5 Å². The Labute approximate surface area is 139 Å². The quantitative estimate of drug-likeness (QED) is 0.817. The molecular formula is C15H19NO5S2. The number of rotatable bonds is 4. The number of carbonyl (C=O) groups excluding carboxylic acids is 1. The fraction of sp³-hybridized carbons (Fsp3) is 0.533. The van der Waals surface area contributed by atoms with Crippen molar-refractivity contribution in [1.29, 1.82) is 0 Å². The molecule has 0 unspecified atom stereocenters. The fourth-order valence-electron chi connectivity index (χ4n) is 2.56. The molecule has 0 bridgehead atoms. The summed E-state index contributed by atoms with van der Waals surface area (Å²) in [5.41, 5.74) is 0. The van der Waals surface area contributed by atoms with Crippen LogP contribution < -0.4 is 14.8 Å². The summed E-state index contributed by atoms with van der Waals surface area (Å²) in [6.45, 7) is 1.27. The van der Waals surface area contributed by atoms with E-state index in [1.54, 1.807) is 0 Å². The van der Waals surface area contributed by atoms with E-state index in [0.29, 0.717) is 25.4 Å². The van der Waals surface area contributed by atoms with E-state index in [1.165, 1.54) is 11.8 Å². The van der Waals surface area contributed by atoms with Gasteiger partial charge in [-0.15, -0.1) is 11.8 Å². The monoisotopic (exact) mass is 357 g/mol. The highest BCUT2D eigenvalue weighted by Crippen LogP contribution is 2.33. The molecule has 1 saturated heterocycles. The number of fused-ring (bicyclic) bond motifs is 1. The number of benzene rings is 1. The van der Waals surface area contributed by atoms with Crippen LogP contribution in [-0.2, 0) is 14.6 Å². The van der Waals surface area contributed by atoms with E-state index >= 15 is 0 Å². The average molecular weight is 357 g/mol. The van der Waals surface area contributed by atoms with Crippen molar-refractivity contribution in [1.82, 2.24) is 5.32 Å². The molecule has 1 N–H and O–H groups in total. The zero-order chi connectivity index (χ0) is 16.3. The molecule has 2 aliphatic heterocycles. The number of sulfone groups is 1. The maximum Gasteiger partial charge on any atom is 0.230 e. The lowest BCUT2D eigenvalue weighted by atomic mass is 10.3. The van der Waals surface area contributed by atoms with Crippen LogP contribution in [0.3, 0.4) is 0 Å². The number of hydrogen-bond donors (Lipinski definition) is 1. The lowest BCUT2D eigenvalue weighted by Gasteiger charge is -2.11. The van der Waals surface area contributed by atoms with E-state index < -0.39 is 9.84 Å². The van der Waals surface area contributed by atoms with Crippen LogP contribution in [0.2, 0.25) is 0 Å². The van der Waals surface area contributed by atoms with Gasteiger partial charge in [-0.3, -0.25) is 4.79 Å². The third-order valence-corrected chi connectivity index (χ3v) is 6.45. The number of hydrogen-bond acceptors (Lipinski definition) is 6. The van der Waals surface area contributed by atoms with Crippen molar-refractivity contribution in [2.24, 2.45) is 0 Å². The molecule has 1 aromatic carbocycles. The number of nitrogens with one attached hydrogen (secondary N) is 1. The summed E-state index contributed by atoms with van der Waals surface area (Å²) in [4.78, 5) is 12.9. The Bertz CT molecular complexity index is 689. The average Bonchev–Trinajstić information content (AvgIpc) is 2.72. The Balaban J connectivity index is 1.52. The van der Waals surface area contributed by atoms with Crippen LogP contribution in [0.5, 0.6) is 11.5 Å². The Kier molecular flexibility index (Phi) is 5.01. The summed E-state index contributed by atoms with van der Waals surface area (Å²) in [6, 6.07) is 5.37. The van der Waals surface area contributed by atoms with E-state index in [-0.39, 0.29) is 29.2 Å². The molecule has 1 fully saturated rings. The molecule has 8 heteroatoms. The lowest BCUT2D eigenvalue weighted by molar-refractivity contribution is -0.119. The summed E-state index contributed by atoms with van der Waals surface area (Å²) in [5.74, 6) is 1.74. The second kappa shape index (κ2) is 7.00. The van der Waals surface area contributed by atoms with Crippen molar-refractivity contribution >= 4 is 27.5 Å². The first kappa shape index (κ1) is 16.4. The molecule has 0 aliphatic carbocycles. The van der Waals surface area contributed by atoms with Gasteiger partial charge in [0.15, 0.2) is 21.3 Å². The summed E-state index contributed by atoms with van der Waals surface area (Å²) in [7, 11) is -2.97. The van der Waals surface area contributed by atoms with Crippen LogP contribution in [0.15, 0.2) is 23.1 Å². The minimum atomic E-state index is -2.97. The van der Waals surface area contributed by atoms with Crippen LogP contribution in [0.1, 0.15) is 12.8 Å². The van der Waals surface area contributed by atoms with Crippen LogP contribution in [-0.4, -0.2) is 50.8 Å². The van der Waals surface area contributed by atoms with Gasteiger partial charge in [0.25, 0.3) is 0 Å². The van der Waals surface area contributed by atoms with Gasteiger partial charge in [-0.1, -0.05) is 0 Å². The van der Waals surface area contributed by atoms with E-state index in [2.05, 4.69) is 5.32 Å². The van der Waals surface area contributed by atoms with Gasteiger partial charge in [-0.2, -0.15) is 0 Å². The molecule has 0 aromatic heterocycles. The SMILES string of the molecule is O=C(CSc1ccc2c(c1)OCCCO2)N[C@H]1CCS(=O)(=O)C1. The number of amides is 1. The molecule has 1 amide bonds. The van der Waals surface area contributed by atoms with Gasteiger partial charge in [-0.05, 0) is 24.6 Å². The standard InChI is InChI=1S/C15H19NO5S2/c17-15(16-11-4-7-23(18,19)10-11)9-22-12-2-3-13-14(8-12)21-6-1-5-20-13/h2-3,8,11H,1,4-7,9-10H2,(H,16,17)/t11-/m0/s1. The normalized spacial score (nSPS) is 22.3. The summed E-state index contributed by atoms with van der Waals surface area (Å²) < 4.78 is 34.0. The molecule has 6 nitrogen and oxygen atoms in total. The molecule has 2 aliphatic rings. The molecule has 2 heterocycles. The Morgan fingerprint density at radius 2 is 2.04 bits per heavy atom. The van der Waals surface area contributed by atoms with Gasteiger partial charge in [0.05, 0.1) is 30.5 Å². The van der Waals surface area contributed by atoms with Crippen LogP contribution in [0, 0.1) is 0 Å². The maximum atomic E-state index is 11.9. The van der Waals surface area contributed by atoms with Crippen molar-refractivity contribution in [3.63, 3.8) is 0 Å². The molecular weight excluding hydrogens is 338 g/mol. The van der Waals surface area contributed by atoms with Crippen molar-refractivity contribution in [2.45, 2.75) is 23.8 Å². The highest BCUT2D eigenvalue weighted by molar-refractivity contribution is 8.00. The number of thioether (sulfide) groups is 1. The minimum absolute atomic E-state index is 0.0490. The Morgan fingerprint density at radius 1 is 1.26 bits per heavy atom. The molecule has 126 valence electrons. The minimum Gasteiger partial charge on any atom is -0.490 e. The van der Waals surface area contributed by atoms with Gasteiger partial charge < -0.3 is 14.8 Å². The molecule has 1 aromatic rings. The van der Waals surface area contributed by atoms with Crippen molar-refractivity contribution in [3.8, 4) is 11.5 Å². The topological polar surface area (TPSA) is 81.7 Å². The third-order valence-electron chi connectivity index (χ3n) is 3.69. The van der Waals surface area contributed by atoms with E-state index in [0.717, 1.165) is 17.1 Å². The zero-order valence-electron chi connectivity index (χ0n) is 12.6. The second-order valence-corrected chi connectivity index (χ2v) is 8.89. The highest BCUT2D eigenvalue weighted by Gasteiger charge is 2.28. The van der Waals surface area contributed by atoms with Gasteiger partial charge in [0, 0.05) is 17.4 Å².